The van der Waals surface area contributed by atoms with E-state index in [0.717, 1.165) is 5.56 Å². The highest BCUT2D eigenvalue weighted by Crippen LogP contribution is 2.33. The molecule has 31 heavy (non-hydrogen) atoms. The summed E-state index contributed by atoms with van der Waals surface area (Å²) in [5.74, 6) is 0.438. The summed E-state index contributed by atoms with van der Waals surface area (Å²) in [4.78, 5) is 38.1. The van der Waals surface area contributed by atoms with E-state index < -0.39 is 11.0 Å². The number of methoxy groups -OCH3 is 2. The van der Waals surface area contributed by atoms with Crippen LogP contribution in [0.1, 0.15) is 34.3 Å². The molecule has 1 heterocycles. The van der Waals surface area contributed by atoms with E-state index >= 15 is 0 Å². The number of nitro groups is 1. The van der Waals surface area contributed by atoms with Gasteiger partial charge in [0.15, 0.2) is 11.5 Å². The molecule has 1 atom stereocenters. The Morgan fingerprint density at radius 3 is 2.39 bits per heavy atom. The third kappa shape index (κ3) is 4.45. The number of aryl methyl sites for hydroxylation is 2. The van der Waals surface area contributed by atoms with Crippen molar-refractivity contribution in [3.05, 3.63) is 57.1 Å². The van der Waals surface area contributed by atoms with Gasteiger partial charge in [0.1, 0.15) is 6.04 Å². The van der Waals surface area contributed by atoms with Gasteiger partial charge in [-0.25, -0.2) is 0 Å². The first kappa shape index (κ1) is 22.1. The van der Waals surface area contributed by atoms with Gasteiger partial charge in [0.2, 0.25) is 5.91 Å². The first-order chi connectivity index (χ1) is 14.8. The molecule has 0 radical (unpaired) electrons. The molecule has 1 unspecified atom stereocenters. The summed E-state index contributed by atoms with van der Waals surface area (Å²) in [6.45, 7) is 3.87. The van der Waals surface area contributed by atoms with Crippen molar-refractivity contribution in [1.29, 1.82) is 0 Å². The van der Waals surface area contributed by atoms with Gasteiger partial charge in [0.05, 0.1) is 19.1 Å². The Labute approximate surface area is 180 Å². The lowest BCUT2D eigenvalue weighted by atomic mass is 10.1. The minimum Gasteiger partial charge on any atom is -0.493 e. The average Bonchev–Trinajstić information content (AvgIpc) is 3.23. The second-order valence-corrected chi connectivity index (χ2v) is 7.43. The van der Waals surface area contributed by atoms with Crippen LogP contribution < -0.4 is 14.8 Å². The highest BCUT2D eigenvalue weighted by atomic mass is 16.6. The number of anilines is 1. The van der Waals surface area contributed by atoms with Crippen molar-refractivity contribution in [2.45, 2.75) is 32.7 Å². The molecule has 2 aromatic rings. The number of nitrogens with one attached hydrogen (secondary N) is 1. The molecule has 164 valence electrons. The number of benzene rings is 2. The number of hydrogen-bond donors (Lipinski definition) is 1. The highest BCUT2D eigenvalue weighted by Gasteiger charge is 2.35. The number of rotatable bonds is 6. The molecular formula is C22H25N3O6. The van der Waals surface area contributed by atoms with Crippen molar-refractivity contribution < 1.29 is 24.0 Å². The number of amides is 2. The Kier molecular flexibility index (Phi) is 6.43. The molecule has 0 saturated carbocycles. The fourth-order valence-electron chi connectivity index (χ4n) is 3.77. The minimum atomic E-state index is -0.629. The first-order valence-corrected chi connectivity index (χ1v) is 9.86. The molecule has 1 aliphatic heterocycles. The van der Waals surface area contributed by atoms with E-state index in [-0.39, 0.29) is 17.5 Å². The molecular weight excluding hydrogens is 402 g/mol. The van der Waals surface area contributed by atoms with Crippen molar-refractivity contribution in [1.82, 2.24) is 4.90 Å². The summed E-state index contributed by atoms with van der Waals surface area (Å²) < 4.78 is 10.6. The van der Waals surface area contributed by atoms with Gasteiger partial charge < -0.3 is 19.7 Å². The van der Waals surface area contributed by atoms with Crippen LogP contribution in [0.15, 0.2) is 30.3 Å². The van der Waals surface area contributed by atoms with Crippen molar-refractivity contribution >= 4 is 23.2 Å². The Bertz CT molecular complexity index is 1040. The monoisotopic (exact) mass is 427 g/mol. The number of carbonyl (C=O) groups excluding carboxylic acids is 2. The van der Waals surface area contributed by atoms with Gasteiger partial charge in [-0.15, -0.1) is 0 Å². The molecule has 0 bridgehead atoms. The van der Waals surface area contributed by atoms with E-state index in [9.17, 15) is 19.7 Å². The van der Waals surface area contributed by atoms with E-state index in [2.05, 4.69) is 5.32 Å². The predicted molar refractivity (Wildman–Crippen MR) is 115 cm³/mol. The molecule has 1 N–H and O–H groups in total. The Balaban J connectivity index is 1.80. The molecule has 0 aliphatic carbocycles. The predicted octanol–water partition coefficient (Wildman–Crippen LogP) is 3.47. The molecule has 1 saturated heterocycles. The highest BCUT2D eigenvalue weighted by molar-refractivity contribution is 6.02. The van der Waals surface area contributed by atoms with Gasteiger partial charge in [-0.05, 0) is 50.5 Å². The van der Waals surface area contributed by atoms with Gasteiger partial charge in [0.25, 0.3) is 11.6 Å². The van der Waals surface area contributed by atoms with Crippen molar-refractivity contribution in [2.24, 2.45) is 0 Å². The standard InChI is InChI=1S/C22H25N3O6/c1-13-11-19(30-3)20(31-4)12-16(13)23-21(26)18-6-5-9-24(18)22(27)15-7-8-17(25(28)29)14(2)10-15/h7-8,10-12,18H,5-6,9H2,1-4H3,(H,23,26). The summed E-state index contributed by atoms with van der Waals surface area (Å²) in [6.07, 6.45) is 1.23. The molecule has 1 aliphatic rings. The molecule has 2 amide bonds. The first-order valence-electron chi connectivity index (χ1n) is 9.86. The van der Waals surface area contributed by atoms with Crippen molar-refractivity contribution in [2.75, 3.05) is 26.1 Å². The zero-order valence-electron chi connectivity index (χ0n) is 17.9. The van der Waals surface area contributed by atoms with E-state index in [0.29, 0.717) is 47.7 Å². The van der Waals surface area contributed by atoms with Gasteiger partial charge in [0, 0.05) is 35.5 Å². The largest absolute Gasteiger partial charge is 0.493 e. The van der Waals surface area contributed by atoms with E-state index in [1.165, 1.54) is 37.3 Å². The van der Waals surface area contributed by atoms with E-state index in [4.69, 9.17) is 9.47 Å². The number of hydrogen-bond acceptors (Lipinski definition) is 6. The summed E-state index contributed by atoms with van der Waals surface area (Å²) in [6, 6.07) is 7.07. The van der Waals surface area contributed by atoms with Gasteiger partial charge in [-0.1, -0.05) is 0 Å². The average molecular weight is 427 g/mol. The maximum atomic E-state index is 13.0. The molecule has 3 rings (SSSR count). The van der Waals surface area contributed by atoms with E-state index in [1.54, 1.807) is 19.1 Å². The Hall–Kier alpha value is -3.62. The Morgan fingerprint density at radius 1 is 1.10 bits per heavy atom. The Morgan fingerprint density at radius 2 is 1.77 bits per heavy atom. The van der Waals surface area contributed by atoms with E-state index in [1.807, 2.05) is 6.92 Å². The molecule has 9 heteroatoms. The lowest BCUT2D eigenvalue weighted by molar-refractivity contribution is -0.385. The zero-order valence-corrected chi connectivity index (χ0v) is 17.9. The fraction of sp³-hybridized carbons (Fsp3) is 0.364. The number of nitrogens with zero attached hydrogens (tertiary/aromatic N) is 2. The van der Waals surface area contributed by atoms with Crippen LogP contribution in [-0.4, -0.2) is 48.4 Å². The quantitative estimate of drug-likeness (QED) is 0.558. The minimum absolute atomic E-state index is 0.0452. The van der Waals surface area contributed by atoms with Gasteiger partial charge in [-0.2, -0.15) is 0 Å². The molecule has 0 spiro atoms. The summed E-state index contributed by atoms with van der Waals surface area (Å²) >= 11 is 0. The number of nitro benzene ring substituents is 1. The lowest BCUT2D eigenvalue weighted by Crippen LogP contribution is -2.43. The van der Waals surface area contributed by atoms with Crippen LogP contribution in [0.25, 0.3) is 0 Å². The van der Waals surface area contributed by atoms with Gasteiger partial charge >= 0.3 is 0 Å². The van der Waals surface area contributed by atoms with Crippen molar-refractivity contribution in [3.63, 3.8) is 0 Å². The summed E-state index contributed by atoms with van der Waals surface area (Å²) in [7, 11) is 3.06. The summed E-state index contributed by atoms with van der Waals surface area (Å²) in [5, 5.41) is 13.9. The second-order valence-electron chi connectivity index (χ2n) is 7.43. The lowest BCUT2D eigenvalue weighted by Gasteiger charge is -2.24. The topological polar surface area (TPSA) is 111 Å². The number of ether oxygens (including phenoxy) is 2. The maximum absolute atomic E-state index is 13.0. The normalized spacial score (nSPS) is 15.5. The van der Waals surface area contributed by atoms with Crippen LogP contribution in [-0.2, 0) is 4.79 Å². The number of likely N-dealkylation sites (tertiary alicyclic amines) is 1. The molecule has 1 fully saturated rings. The van der Waals surface area contributed by atoms with Crippen LogP contribution >= 0.6 is 0 Å². The molecule has 9 nitrogen and oxygen atoms in total. The summed E-state index contributed by atoms with van der Waals surface area (Å²) in [5.41, 5.74) is 2.05. The fourth-order valence-corrected chi connectivity index (χ4v) is 3.77. The van der Waals surface area contributed by atoms with Gasteiger partial charge in [-0.3, -0.25) is 19.7 Å². The van der Waals surface area contributed by atoms with Crippen molar-refractivity contribution in [3.8, 4) is 11.5 Å². The third-order valence-corrected chi connectivity index (χ3v) is 5.45. The van der Waals surface area contributed by atoms with Crippen LogP contribution in [0.5, 0.6) is 11.5 Å². The second kappa shape index (κ2) is 9.03. The SMILES string of the molecule is COc1cc(C)c(NC(=O)C2CCCN2C(=O)c2ccc([N+](=O)[O-])c(C)c2)cc1OC. The van der Waals surface area contributed by atoms with Crippen LogP contribution in [0.4, 0.5) is 11.4 Å². The zero-order chi connectivity index (χ0) is 22.7. The molecule has 2 aromatic carbocycles. The van der Waals surface area contributed by atoms with Crippen LogP contribution in [0.3, 0.4) is 0 Å². The third-order valence-electron chi connectivity index (χ3n) is 5.45. The van der Waals surface area contributed by atoms with Crippen LogP contribution in [0.2, 0.25) is 0 Å². The smallest absolute Gasteiger partial charge is 0.272 e. The molecule has 0 aromatic heterocycles. The maximum Gasteiger partial charge on any atom is 0.272 e. The van der Waals surface area contributed by atoms with Crippen LogP contribution in [0, 0.1) is 24.0 Å². The number of carbonyl (C=O) groups is 2.